The third kappa shape index (κ3) is 3.66. The van der Waals surface area contributed by atoms with E-state index < -0.39 is 11.6 Å². The van der Waals surface area contributed by atoms with Gasteiger partial charge in [-0.25, -0.2) is 13.8 Å². The molecule has 1 aliphatic heterocycles. The molecule has 0 aliphatic carbocycles. The first-order valence-electron chi connectivity index (χ1n) is 8.05. The summed E-state index contributed by atoms with van der Waals surface area (Å²) >= 11 is 1.26. The average Bonchev–Trinajstić information content (AvgIpc) is 2.90. The van der Waals surface area contributed by atoms with Crippen LogP contribution in [-0.4, -0.2) is 29.5 Å². The third-order valence-electron chi connectivity index (χ3n) is 3.96. The third-order valence-corrected chi connectivity index (χ3v) is 5.03. The average molecular weight is 353 g/mol. The van der Waals surface area contributed by atoms with Crippen LogP contribution in [0.5, 0.6) is 0 Å². The predicted octanol–water partition coefficient (Wildman–Crippen LogP) is 3.71. The standard InChI is InChI=1S/C17H21F2N3OS/c1-17(2,3)21-15(23)10-5-4-6-22(9-10)16-20-14-12(19)7-11(18)8-13(14)24-16/h7-8,10H,4-6,9H2,1-3H3,(H,21,23). The van der Waals surface area contributed by atoms with Gasteiger partial charge in [0.2, 0.25) is 5.91 Å². The van der Waals surface area contributed by atoms with Gasteiger partial charge in [0, 0.05) is 24.7 Å². The largest absolute Gasteiger partial charge is 0.351 e. The van der Waals surface area contributed by atoms with Crippen molar-refractivity contribution in [1.29, 1.82) is 0 Å². The minimum Gasteiger partial charge on any atom is -0.351 e. The van der Waals surface area contributed by atoms with Gasteiger partial charge in [0.25, 0.3) is 0 Å². The summed E-state index contributed by atoms with van der Waals surface area (Å²) in [5.41, 5.74) is -0.0757. The Morgan fingerprint density at radius 2 is 2.12 bits per heavy atom. The van der Waals surface area contributed by atoms with E-state index in [1.54, 1.807) is 0 Å². The topological polar surface area (TPSA) is 45.2 Å². The van der Waals surface area contributed by atoms with Gasteiger partial charge in [0.05, 0.1) is 10.6 Å². The van der Waals surface area contributed by atoms with Gasteiger partial charge in [-0.3, -0.25) is 4.79 Å². The molecule has 1 unspecified atom stereocenters. The zero-order valence-corrected chi connectivity index (χ0v) is 14.8. The summed E-state index contributed by atoms with van der Waals surface area (Å²) < 4.78 is 27.7. The highest BCUT2D eigenvalue weighted by atomic mass is 32.1. The smallest absolute Gasteiger partial charge is 0.225 e. The Bertz CT molecular complexity index is 769. The van der Waals surface area contributed by atoms with Gasteiger partial charge in [-0.2, -0.15) is 0 Å². The molecule has 1 atom stereocenters. The molecule has 2 heterocycles. The first kappa shape index (κ1) is 17.1. The van der Waals surface area contributed by atoms with Gasteiger partial charge in [-0.15, -0.1) is 0 Å². The van der Waals surface area contributed by atoms with Gasteiger partial charge in [0.15, 0.2) is 10.9 Å². The van der Waals surface area contributed by atoms with Crippen LogP contribution in [-0.2, 0) is 4.79 Å². The molecule has 1 saturated heterocycles. The fourth-order valence-corrected chi connectivity index (χ4v) is 3.96. The van der Waals surface area contributed by atoms with Crippen LogP contribution in [0.3, 0.4) is 0 Å². The molecular formula is C17H21F2N3OS. The number of carbonyl (C=O) groups excluding carboxylic acids is 1. The summed E-state index contributed by atoms with van der Waals surface area (Å²) in [7, 11) is 0. The summed E-state index contributed by atoms with van der Waals surface area (Å²) in [6.45, 7) is 7.18. The molecule has 1 aromatic carbocycles. The molecule has 1 fully saturated rings. The SMILES string of the molecule is CC(C)(C)NC(=O)C1CCCN(c2nc3c(F)cc(F)cc3s2)C1. The highest BCUT2D eigenvalue weighted by Crippen LogP contribution is 2.33. The minimum atomic E-state index is -0.647. The number of hydrogen-bond acceptors (Lipinski definition) is 4. The molecule has 1 aliphatic rings. The van der Waals surface area contributed by atoms with E-state index >= 15 is 0 Å². The van der Waals surface area contributed by atoms with Gasteiger partial charge in [-0.1, -0.05) is 11.3 Å². The number of rotatable bonds is 2. The maximum absolute atomic E-state index is 13.8. The molecule has 0 saturated carbocycles. The van der Waals surface area contributed by atoms with E-state index in [0.29, 0.717) is 16.4 Å². The Labute approximate surface area is 143 Å². The fourth-order valence-electron chi connectivity index (χ4n) is 2.92. The van der Waals surface area contributed by atoms with Crippen molar-refractivity contribution in [3.8, 4) is 0 Å². The Morgan fingerprint density at radius 3 is 2.83 bits per heavy atom. The van der Waals surface area contributed by atoms with Crippen molar-refractivity contribution in [3.05, 3.63) is 23.8 Å². The number of nitrogens with zero attached hydrogens (tertiary/aromatic N) is 2. The number of hydrogen-bond donors (Lipinski definition) is 1. The van der Waals surface area contributed by atoms with E-state index in [-0.39, 0.29) is 22.9 Å². The number of aromatic nitrogens is 1. The highest BCUT2D eigenvalue weighted by Gasteiger charge is 2.29. The summed E-state index contributed by atoms with van der Waals surface area (Å²) in [6, 6.07) is 2.15. The quantitative estimate of drug-likeness (QED) is 0.895. The lowest BCUT2D eigenvalue weighted by Crippen LogP contribution is -2.48. The van der Waals surface area contributed by atoms with Crippen LogP contribution in [0, 0.1) is 17.6 Å². The van der Waals surface area contributed by atoms with Crippen molar-refractivity contribution >= 4 is 32.6 Å². The molecule has 0 radical (unpaired) electrons. The van der Waals surface area contributed by atoms with Crippen molar-refractivity contribution in [2.75, 3.05) is 18.0 Å². The molecule has 0 spiro atoms. The summed E-state index contributed by atoms with van der Waals surface area (Å²) in [6.07, 6.45) is 1.70. The Balaban J connectivity index is 1.80. The molecule has 24 heavy (non-hydrogen) atoms. The summed E-state index contributed by atoms with van der Waals surface area (Å²) in [5, 5.41) is 3.65. The van der Waals surface area contributed by atoms with Crippen LogP contribution in [0.4, 0.5) is 13.9 Å². The van der Waals surface area contributed by atoms with E-state index in [1.807, 2.05) is 25.7 Å². The number of amides is 1. The first-order valence-corrected chi connectivity index (χ1v) is 8.87. The van der Waals surface area contributed by atoms with Gasteiger partial charge < -0.3 is 10.2 Å². The molecule has 130 valence electrons. The number of carbonyl (C=O) groups is 1. The zero-order chi connectivity index (χ0) is 17.5. The van der Waals surface area contributed by atoms with Crippen molar-refractivity contribution in [3.63, 3.8) is 0 Å². The Morgan fingerprint density at radius 1 is 1.38 bits per heavy atom. The monoisotopic (exact) mass is 353 g/mol. The van der Waals surface area contributed by atoms with Crippen molar-refractivity contribution in [1.82, 2.24) is 10.3 Å². The van der Waals surface area contributed by atoms with Crippen LogP contribution < -0.4 is 10.2 Å². The van der Waals surface area contributed by atoms with E-state index in [4.69, 9.17) is 0 Å². The molecular weight excluding hydrogens is 332 g/mol. The van der Waals surface area contributed by atoms with Crippen LogP contribution in [0.15, 0.2) is 12.1 Å². The number of anilines is 1. The van der Waals surface area contributed by atoms with Gasteiger partial charge in [0.1, 0.15) is 11.3 Å². The number of piperidine rings is 1. The second-order valence-corrected chi connectivity index (χ2v) is 8.26. The van der Waals surface area contributed by atoms with Crippen LogP contribution in [0.25, 0.3) is 10.2 Å². The fraction of sp³-hybridized carbons (Fsp3) is 0.529. The number of halogens is 2. The van der Waals surface area contributed by atoms with Crippen LogP contribution in [0.1, 0.15) is 33.6 Å². The summed E-state index contributed by atoms with van der Waals surface area (Å²) in [5.74, 6) is -1.33. The maximum Gasteiger partial charge on any atom is 0.225 e. The number of benzene rings is 1. The molecule has 1 N–H and O–H groups in total. The van der Waals surface area contributed by atoms with Crippen LogP contribution in [0.2, 0.25) is 0 Å². The number of thiazole rings is 1. The lowest BCUT2D eigenvalue weighted by Gasteiger charge is -2.33. The number of nitrogens with one attached hydrogen (secondary N) is 1. The first-order chi connectivity index (χ1) is 11.2. The molecule has 1 amide bonds. The van der Waals surface area contributed by atoms with Crippen LogP contribution >= 0.6 is 11.3 Å². The molecule has 0 bridgehead atoms. The molecule has 2 aromatic rings. The predicted molar refractivity (Wildman–Crippen MR) is 92.4 cm³/mol. The molecule has 3 rings (SSSR count). The highest BCUT2D eigenvalue weighted by molar-refractivity contribution is 7.22. The summed E-state index contributed by atoms with van der Waals surface area (Å²) in [4.78, 5) is 18.7. The number of fused-ring (bicyclic) bond motifs is 1. The minimum absolute atomic E-state index is 0.0329. The second kappa shape index (κ2) is 6.27. The molecule has 4 nitrogen and oxygen atoms in total. The Kier molecular flexibility index (Phi) is 4.46. The van der Waals surface area contributed by atoms with Crippen molar-refractivity contribution in [2.24, 2.45) is 5.92 Å². The second-order valence-electron chi connectivity index (χ2n) is 7.26. The zero-order valence-electron chi connectivity index (χ0n) is 14.0. The lowest BCUT2D eigenvalue weighted by atomic mass is 9.96. The van der Waals surface area contributed by atoms with E-state index in [1.165, 1.54) is 17.4 Å². The maximum atomic E-state index is 13.8. The van der Waals surface area contributed by atoms with Crippen molar-refractivity contribution < 1.29 is 13.6 Å². The van der Waals surface area contributed by atoms with E-state index in [9.17, 15) is 13.6 Å². The van der Waals surface area contributed by atoms with Crippen molar-refractivity contribution in [2.45, 2.75) is 39.2 Å². The van der Waals surface area contributed by atoms with E-state index in [0.717, 1.165) is 25.5 Å². The molecule has 7 heteroatoms. The van der Waals surface area contributed by atoms with Gasteiger partial charge >= 0.3 is 0 Å². The lowest BCUT2D eigenvalue weighted by molar-refractivity contribution is -0.126. The molecule has 1 aromatic heterocycles. The van der Waals surface area contributed by atoms with E-state index in [2.05, 4.69) is 10.3 Å². The normalized spacial score (nSPS) is 18.9. The Hall–Kier alpha value is -1.76. The van der Waals surface area contributed by atoms with Gasteiger partial charge in [-0.05, 0) is 39.7 Å².